The van der Waals surface area contributed by atoms with E-state index in [0.29, 0.717) is 6.10 Å². The lowest BCUT2D eigenvalue weighted by Gasteiger charge is -2.26. The second-order valence-electron chi connectivity index (χ2n) is 3.64. The number of rotatable bonds is 3. The van der Waals surface area contributed by atoms with Crippen molar-refractivity contribution in [1.82, 2.24) is 0 Å². The van der Waals surface area contributed by atoms with Crippen LogP contribution < -0.4 is 0 Å². The van der Waals surface area contributed by atoms with Gasteiger partial charge in [0, 0.05) is 6.10 Å². The summed E-state index contributed by atoms with van der Waals surface area (Å²) < 4.78 is 5.93. The van der Waals surface area contributed by atoms with Crippen LogP contribution >= 0.6 is 0 Å². The van der Waals surface area contributed by atoms with Crippen LogP contribution in [0.5, 0.6) is 0 Å². The molecule has 1 heterocycles. The average molecular weight is 170 g/mol. The van der Waals surface area contributed by atoms with Gasteiger partial charge in [-0.1, -0.05) is 37.3 Å². The van der Waals surface area contributed by atoms with E-state index in [1.54, 1.807) is 0 Å². The van der Waals surface area contributed by atoms with Crippen molar-refractivity contribution in [3.8, 4) is 0 Å². The molecule has 0 bridgehead atoms. The third-order valence-corrected chi connectivity index (χ3v) is 4.51. The Balaban J connectivity index is 2.12. The molecule has 0 spiro atoms. The first-order valence-corrected chi connectivity index (χ1v) is 7.42. The fourth-order valence-electron chi connectivity index (χ4n) is 1.74. The molecule has 1 saturated heterocycles. The molecule has 0 N–H and O–H groups in total. The van der Waals surface area contributed by atoms with Crippen molar-refractivity contribution in [3.05, 3.63) is 0 Å². The highest BCUT2D eigenvalue weighted by Crippen LogP contribution is 2.20. The minimum atomic E-state index is -0.695. The molecule has 64 valence electrons. The largest absolute Gasteiger partial charge is 0.498 e. The molecule has 1 unspecified atom stereocenters. The molecule has 0 aromatic carbocycles. The Morgan fingerprint density at radius 2 is 2.36 bits per heavy atom. The van der Waals surface area contributed by atoms with Crippen molar-refractivity contribution in [3.63, 3.8) is 0 Å². The predicted octanol–water partition coefficient (Wildman–Crippen LogP) is 2.98. The van der Waals surface area contributed by atoms with Gasteiger partial charge >= 0.3 is 14.5 Å². The lowest BCUT2D eigenvalue weighted by Crippen LogP contribution is -2.28. The second-order valence-corrected chi connectivity index (χ2v) is 6.11. The van der Waals surface area contributed by atoms with Gasteiger partial charge in [-0.2, -0.15) is 0 Å². The van der Waals surface area contributed by atoms with E-state index in [1.165, 1.54) is 37.4 Å². The van der Waals surface area contributed by atoms with Gasteiger partial charge in [-0.05, 0) is 12.8 Å². The zero-order valence-corrected chi connectivity index (χ0v) is 8.96. The standard InChI is InChI=1S/C8H16O.CH3.Al/c1-3-5-7-8(9)6-4-2;;/h8H,2-7H2,1H3;1H3;/q-1;;+1. The third-order valence-electron chi connectivity index (χ3n) is 2.44. The molecule has 0 aromatic rings. The first-order chi connectivity index (χ1) is 5.33. The highest BCUT2D eigenvalue weighted by atomic mass is 27.2. The molecule has 0 radical (unpaired) electrons. The first-order valence-electron chi connectivity index (χ1n) is 4.98. The molecule has 1 nitrogen and oxygen atoms in total. The zero-order chi connectivity index (χ0) is 8.10. The summed E-state index contributed by atoms with van der Waals surface area (Å²) in [5.74, 6) is 2.33. The second kappa shape index (κ2) is 5.19. The van der Waals surface area contributed by atoms with Crippen LogP contribution in [-0.4, -0.2) is 20.6 Å². The molecule has 1 aliphatic heterocycles. The minimum Gasteiger partial charge on any atom is -0.498 e. The summed E-state index contributed by atoms with van der Waals surface area (Å²) in [6, 6.07) is 0. The third kappa shape index (κ3) is 3.60. The van der Waals surface area contributed by atoms with E-state index in [4.69, 9.17) is 3.79 Å². The van der Waals surface area contributed by atoms with Gasteiger partial charge in [-0.25, -0.2) is 0 Å². The Bertz CT molecular complexity index is 106. The monoisotopic (exact) mass is 170 g/mol. The van der Waals surface area contributed by atoms with Gasteiger partial charge < -0.3 is 3.79 Å². The molecule has 11 heavy (non-hydrogen) atoms. The van der Waals surface area contributed by atoms with Gasteiger partial charge in [0.05, 0.1) is 0 Å². The van der Waals surface area contributed by atoms with Crippen molar-refractivity contribution in [1.29, 1.82) is 0 Å². The molecule has 0 saturated carbocycles. The van der Waals surface area contributed by atoms with Crippen LogP contribution in [0.4, 0.5) is 0 Å². The van der Waals surface area contributed by atoms with E-state index in [-0.39, 0.29) is 0 Å². The van der Waals surface area contributed by atoms with E-state index in [1.807, 2.05) is 0 Å². The maximum absolute atomic E-state index is 5.93. The molecular weight excluding hydrogens is 151 g/mol. The number of hydrogen-bond acceptors (Lipinski definition) is 1. The van der Waals surface area contributed by atoms with Gasteiger partial charge in [-0.15, -0.1) is 0 Å². The van der Waals surface area contributed by atoms with E-state index in [9.17, 15) is 0 Å². The van der Waals surface area contributed by atoms with Crippen LogP contribution in [-0.2, 0) is 3.79 Å². The molecular formula is C9H19AlO. The smallest absolute Gasteiger partial charge is 0.457 e. The van der Waals surface area contributed by atoms with Crippen LogP contribution in [0.15, 0.2) is 0 Å². The average Bonchev–Trinajstić information content (AvgIpc) is 2.01. The lowest BCUT2D eigenvalue weighted by molar-refractivity contribution is 0.160. The number of unbranched alkanes of at least 4 members (excludes halogenated alkanes) is 1. The summed E-state index contributed by atoms with van der Waals surface area (Å²) >= 11 is -0.695. The molecule has 2 heteroatoms. The van der Waals surface area contributed by atoms with Crippen LogP contribution in [0.25, 0.3) is 0 Å². The Labute approximate surface area is 74.9 Å². The summed E-state index contributed by atoms with van der Waals surface area (Å²) in [6.07, 6.45) is 7.39. The molecule has 1 aliphatic rings. The molecule has 0 aliphatic carbocycles. The molecule has 1 fully saturated rings. The summed E-state index contributed by atoms with van der Waals surface area (Å²) in [4.78, 5) is 0. The maximum Gasteiger partial charge on any atom is 0.457 e. The quantitative estimate of drug-likeness (QED) is 0.592. The molecule has 0 amide bonds. The van der Waals surface area contributed by atoms with E-state index in [0.717, 1.165) is 0 Å². The summed E-state index contributed by atoms with van der Waals surface area (Å²) in [7, 11) is 0. The van der Waals surface area contributed by atoms with Crippen LogP contribution in [0, 0.1) is 0 Å². The fourth-order valence-corrected chi connectivity index (χ4v) is 3.62. The Kier molecular flexibility index (Phi) is 4.52. The Morgan fingerprint density at radius 3 is 3.00 bits per heavy atom. The van der Waals surface area contributed by atoms with E-state index in [2.05, 4.69) is 12.7 Å². The van der Waals surface area contributed by atoms with Crippen LogP contribution in [0.2, 0.25) is 11.1 Å². The topological polar surface area (TPSA) is 9.23 Å². The molecule has 1 atom stereocenters. The van der Waals surface area contributed by atoms with Gasteiger partial charge in [-0.3, -0.25) is 0 Å². The number of hydrogen-bond donors (Lipinski definition) is 0. The van der Waals surface area contributed by atoms with E-state index < -0.39 is 14.5 Å². The van der Waals surface area contributed by atoms with Crippen molar-refractivity contribution >= 4 is 14.5 Å². The van der Waals surface area contributed by atoms with Crippen molar-refractivity contribution in [2.45, 2.75) is 56.2 Å². The van der Waals surface area contributed by atoms with Crippen molar-refractivity contribution < 1.29 is 3.79 Å². The zero-order valence-electron chi connectivity index (χ0n) is 7.81. The first kappa shape index (κ1) is 9.58. The van der Waals surface area contributed by atoms with Gasteiger partial charge in [0.15, 0.2) is 0 Å². The normalized spacial score (nSPS) is 25.6. The van der Waals surface area contributed by atoms with E-state index >= 15 is 0 Å². The van der Waals surface area contributed by atoms with Gasteiger partial charge in [0.25, 0.3) is 0 Å². The Morgan fingerprint density at radius 1 is 1.55 bits per heavy atom. The Hall–Kier alpha value is 0.492. The summed E-state index contributed by atoms with van der Waals surface area (Å²) in [5.41, 5.74) is 0. The SMILES string of the molecule is CCCCC1CC[CH2][Al]([CH3])[O]1. The van der Waals surface area contributed by atoms with Crippen molar-refractivity contribution in [2.24, 2.45) is 0 Å². The maximum atomic E-state index is 5.93. The summed E-state index contributed by atoms with van der Waals surface area (Å²) in [6.45, 7) is 2.25. The van der Waals surface area contributed by atoms with Gasteiger partial charge in [0.1, 0.15) is 0 Å². The summed E-state index contributed by atoms with van der Waals surface area (Å²) in [5, 5.41) is 1.41. The van der Waals surface area contributed by atoms with Crippen molar-refractivity contribution in [2.75, 3.05) is 0 Å². The lowest BCUT2D eigenvalue weighted by atomic mass is 10.1. The highest BCUT2D eigenvalue weighted by molar-refractivity contribution is 6.50. The highest BCUT2D eigenvalue weighted by Gasteiger charge is 2.23. The van der Waals surface area contributed by atoms with Crippen LogP contribution in [0.3, 0.4) is 0 Å². The fraction of sp³-hybridized carbons (Fsp3) is 1.00. The molecule has 0 aromatic heterocycles. The molecule has 1 rings (SSSR count). The van der Waals surface area contributed by atoms with Crippen LogP contribution in [0.1, 0.15) is 39.0 Å². The predicted molar refractivity (Wildman–Crippen MR) is 50.1 cm³/mol. The minimum absolute atomic E-state index is 0.644. The van der Waals surface area contributed by atoms with Gasteiger partial charge in [0.2, 0.25) is 0 Å².